The fourth-order valence-electron chi connectivity index (χ4n) is 1.72. The van der Waals surface area contributed by atoms with E-state index < -0.39 is 27.8 Å². The average molecular weight is 317 g/mol. The standard InChI is InChI=1S/C13H20FN3O3S/c1-7(2)16-13(18)9(4)17-21(19,20)12-6-11(15)10(14)5-8(12)3/h5-7,9,17H,15H2,1-4H3,(H,16,18). The summed E-state index contributed by atoms with van der Waals surface area (Å²) in [5.41, 5.74) is 5.35. The molecule has 0 aromatic heterocycles. The van der Waals surface area contributed by atoms with E-state index in [1.54, 1.807) is 13.8 Å². The molecule has 1 aromatic rings. The molecule has 0 radical (unpaired) electrons. The van der Waals surface area contributed by atoms with Gasteiger partial charge in [-0.15, -0.1) is 0 Å². The molecule has 0 fully saturated rings. The number of nitrogens with two attached hydrogens (primary N) is 1. The third kappa shape index (κ3) is 4.40. The lowest BCUT2D eigenvalue weighted by atomic mass is 10.2. The molecular formula is C13H20FN3O3S. The van der Waals surface area contributed by atoms with E-state index in [4.69, 9.17) is 5.73 Å². The minimum Gasteiger partial charge on any atom is -0.396 e. The predicted molar refractivity (Wildman–Crippen MR) is 78.6 cm³/mol. The van der Waals surface area contributed by atoms with Crippen molar-refractivity contribution in [3.05, 3.63) is 23.5 Å². The van der Waals surface area contributed by atoms with Crippen LogP contribution in [0, 0.1) is 12.7 Å². The Hall–Kier alpha value is -1.67. The van der Waals surface area contributed by atoms with Crippen LogP contribution >= 0.6 is 0 Å². The summed E-state index contributed by atoms with van der Waals surface area (Å²) >= 11 is 0. The first-order valence-corrected chi connectivity index (χ1v) is 7.91. The first-order chi connectivity index (χ1) is 9.54. The number of halogens is 1. The lowest BCUT2D eigenvalue weighted by Gasteiger charge is -2.17. The molecule has 0 spiro atoms. The Morgan fingerprint density at radius 3 is 2.38 bits per heavy atom. The Kier molecular flexibility index (Phi) is 5.30. The fourth-order valence-corrected chi connectivity index (χ4v) is 3.18. The number of rotatable bonds is 5. The molecule has 1 unspecified atom stereocenters. The SMILES string of the molecule is Cc1cc(F)c(N)cc1S(=O)(=O)NC(C)C(=O)NC(C)C. The van der Waals surface area contributed by atoms with Crippen molar-refractivity contribution in [3.63, 3.8) is 0 Å². The van der Waals surface area contributed by atoms with Crippen molar-refractivity contribution in [1.29, 1.82) is 0 Å². The first-order valence-electron chi connectivity index (χ1n) is 6.43. The van der Waals surface area contributed by atoms with Crippen molar-refractivity contribution < 1.29 is 17.6 Å². The van der Waals surface area contributed by atoms with E-state index in [1.165, 1.54) is 13.8 Å². The van der Waals surface area contributed by atoms with E-state index >= 15 is 0 Å². The summed E-state index contributed by atoms with van der Waals surface area (Å²) in [7, 11) is -3.97. The van der Waals surface area contributed by atoms with E-state index in [1.807, 2.05) is 0 Å². The lowest BCUT2D eigenvalue weighted by molar-refractivity contribution is -0.122. The van der Waals surface area contributed by atoms with Crippen LogP contribution in [0.2, 0.25) is 0 Å². The maximum Gasteiger partial charge on any atom is 0.241 e. The summed E-state index contributed by atoms with van der Waals surface area (Å²) in [6, 6.07) is 1.03. The van der Waals surface area contributed by atoms with Crippen molar-refractivity contribution >= 4 is 21.6 Å². The number of sulfonamides is 1. The minimum absolute atomic E-state index is 0.104. The summed E-state index contributed by atoms with van der Waals surface area (Å²) in [5, 5.41) is 2.60. The Labute approximate surface area is 124 Å². The van der Waals surface area contributed by atoms with Gasteiger partial charge in [0.15, 0.2) is 0 Å². The zero-order valence-electron chi connectivity index (χ0n) is 12.4. The molecule has 118 valence electrons. The number of hydrogen-bond acceptors (Lipinski definition) is 4. The number of anilines is 1. The number of benzene rings is 1. The van der Waals surface area contributed by atoms with E-state index in [0.29, 0.717) is 0 Å². The predicted octanol–water partition coefficient (Wildman–Crippen LogP) is 0.908. The van der Waals surface area contributed by atoms with Crippen LogP contribution in [0.15, 0.2) is 17.0 Å². The summed E-state index contributed by atoms with van der Waals surface area (Å²) in [4.78, 5) is 11.6. The molecule has 0 aliphatic rings. The maximum absolute atomic E-state index is 13.3. The van der Waals surface area contributed by atoms with Gasteiger partial charge < -0.3 is 11.1 Å². The molecule has 0 aliphatic heterocycles. The highest BCUT2D eigenvalue weighted by atomic mass is 32.2. The molecule has 0 heterocycles. The molecular weight excluding hydrogens is 297 g/mol. The van der Waals surface area contributed by atoms with Gasteiger partial charge >= 0.3 is 0 Å². The Morgan fingerprint density at radius 1 is 1.29 bits per heavy atom. The van der Waals surface area contributed by atoms with Crippen molar-refractivity contribution in [1.82, 2.24) is 10.0 Å². The number of carbonyl (C=O) groups is 1. The first kappa shape index (κ1) is 17.4. The molecule has 1 aromatic carbocycles. The van der Waals surface area contributed by atoms with Crippen LogP contribution in [0.1, 0.15) is 26.3 Å². The molecule has 0 saturated heterocycles. The molecule has 4 N–H and O–H groups in total. The van der Waals surface area contributed by atoms with Gasteiger partial charge in [-0.05, 0) is 45.4 Å². The van der Waals surface area contributed by atoms with Crippen LogP contribution in [-0.4, -0.2) is 26.4 Å². The van der Waals surface area contributed by atoms with Crippen molar-refractivity contribution in [2.75, 3.05) is 5.73 Å². The van der Waals surface area contributed by atoms with Crippen LogP contribution in [0.25, 0.3) is 0 Å². The van der Waals surface area contributed by atoms with Gasteiger partial charge in [0.1, 0.15) is 5.82 Å². The third-order valence-electron chi connectivity index (χ3n) is 2.74. The number of aryl methyl sites for hydroxylation is 1. The maximum atomic E-state index is 13.3. The number of nitrogen functional groups attached to an aromatic ring is 1. The van der Waals surface area contributed by atoms with Gasteiger partial charge in [0, 0.05) is 6.04 Å². The second-order valence-electron chi connectivity index (χ2n) is 5.15. The van der Waals surface area contributed by atoms with Gasteiger partial charge in [0.2, 0.25) is 15.9 Å². The molecule has 1 atom stereocenters. The molecule has 0 saturated carbocycles. The monoisotopic (exact) mass is 317 g/mol. The minimum atomic E-state index is -3.97. The van der Waals surface area contributed by atoms with Crippen LogP contribution in [0.5, 0.6) is 0 Å². The average Bonchev–Trinajstić information content (AvgIpc) is 2.32. The Morgan fingerprint density at radius 2 is 1.86 bits per heavy atom. The molecule has 6 nitrogen and oxygen atoms in total. The normalized spacial score (nSPS) is 13.2. The van der Waals surface area contributed by atoms with Crippen LogP contribution in [0.4, 0.5) is 10.1 Å². The van der Waals surface area contributed by atoms with Crippen LogP contribution in [0.3, 0.4) is 0 Å². The van der Waals surface area contributed by atoms with E-state index in [0.717, 1.165) is 12.1 Å². The smallest absolute Gasteiger partial charge is 0.241 e. The molecule has 1 rings (SSSR count). The van der Waals surface area contributed by atoms with Gasteiger partial charge in [-0.2, -0.15) is 4.72 Å². The zero-order chi connectivity index (χ0) is 16.4. The van der Waals surface area contributed by atoms with Crippen molar-refractivity contribution in [2.24, 2.45) is 0 Å². The topological polar surface area (TPSA) is 101 Å². The van der Waals surface area contributed by atoms with Gasteiger partial charge in [0.05, 0.1) is 16.6 Å². The van der Waals surface area contributed by atoms with Crippen LogP contribution < -0.4 is 15.8 Å². The summed E-state index contributed by atoms with van der Waals surface area (Å²) < 4.78 is 40.0. The number of nitrogens with one attached hydrogen (secondary N) is 2. The Balaban J connectivity index is 3.02. The molecule has 0 bridgehead atoms. The summed E-state index contributed by atoms with van der Waals surface area (Å²) in [6.07, 6.45) is 0. The zero-order valence-corrected chi connectivity index (χ0v) is 13.2. The fraction of sp³-hybridized carbons (Fsp3) is 0.462. The second kappa shape index (κ2) is 6.40. The number of hydrogen-bond donors (Lipinski definition) is 3. The largest absolute Gasteiger partial charge is 0.396 e. The third-order valence-corrected chi connectivity index (χ3v) is 4.42. The van der Waals surface area contributed by atoms with E-state index in [-0.39, 0.29) is 22.2 Å². The quantitative estimate of drug-likeness (QED) is 0.702. The highest BCUT2D eigenvalue weighted by molar-refractivity contribution is 7.89. The molecule has 21 heavy (non-hydrogen) atoms. The van der Waals surface area contributed by atoms with E-state index in [9.17, 15) is 17.6 Å². The molecule has 8 heteroatoms. The van der Waals surface area contributed by atoms with E-state index in [2.05, 4.69) is 10.0 Å². The summed E-state index contributed by atoms with van der Waals surface area (Å²) in [5.74, 6) is -1.13. The lowest BCUT2D eigenvalue weighted by Crippen LogP contribution is -2.46. The second-order valence-corrected chi connectivity index (χ2v) is 6.83. The van der Waals surface area contributed by atoms with Crippen molar-refractivity contribution in [3.8, 4) is 0 Å². The highest BCUT2D eigenvalue weighted by Crippen LogP contribution is 2.21. The Bertz CT molecular complexity index is 644. The molecule has 0 aliphatic carbocycles. The molecule has 1 amide bonds. The van der Waals surface area contributed by atoms with Gasteiger partial charge in [-0.3, -0.25) is 4.79 Å². The number of amides is 1. The van der Waals surface area contributed by atoms with Gasteiger partial charge in [-0.25, -0.2) is 12.8 Å². The van der Waals surface area contributed by atoms with Crippen LogP contribution in [-0.2, 0) is 14.8 Å². The highest BCUT2D eigenvalue weighted by Gasteiger charge is 2.24. The summed E-state index contributed by atoms with van der Waals surface area (Å²) in [6.45, 7) is 6.42. The number of carbonyl (C=O) groups excluding carboxylic acids is 1. The van der Waals surface area contributed by atoms with Gasteiger partial charge in [0.25, 0.3) is 0 Å². The van der Waals surface area contributed by atoms with Gasteiger partial charge in [-0.1, -0.05) is 0 Å². The van der Waals surface area contributed by atoms with Crippen molar-refractivity contribution in [2.45, 2.75) is 44.7 Å².